The van der Waals surface area contributed by atoms with Crippen molar-refractivity contribution in [1.29, 1.82) is 5.26 Å². The van der Waals surface area contributed by atoms with Crippen molar-refractivity contribution >= 4 is 15.8 Å². The molecule has 1 aliphatic carbocycles. The molecule has 3 atom stereocenters. The third-order valence-electron chi connectivity index (χ3n) is 5.11. The number of hydrogen-bond acceptors (Lipinski definition) is 6. The van der Waals surface area contributed by atoms with Gasteiger partial charge >= 0.3 is 5.97 Å². The SMILES string of the molecule is Cc1ccc(S(=O)(=O)[C@@H]2[C@@H](c3ccc4c(c3)OCO4)[C@@]2(C#N)C(=O)O)cc1. The first-order chi connectivity index (χ1) is 12.8. The molecule has 1 aliphatic heterocycles. The summed E-state index contributed by atoms with van der Waals surface area (Å²) in [6, 6.07) is 12.6. The number of carboxylic acid groups (broad SMARTS) is 1. The fraction of sp³-hybridized carbons (Fsp3) is 0.263. The summed E-state index contributed by atoms with van der Waals surface area (Å²) >= 11 is 0. The summed E-state index contributed by atoms with van der Waals surface area (Å²) in [6.45, 7) is 1.86. The molecular formula is C19H15NO6S. The molecule has 2 aromatic rings. The molecule has 1 N–H and O–H groups in total. The van der Waals surface area contributed by atoms with Crippen LogP contribution in [0.15, 0.2) is 47.4 Å². The zero-order chi connectivity index (χ0) is 19.4. The quantitative estimate of drug-likeness (QED) is 0.858. The summed E-state index contributed by atoms with van der Waals surface area (Å²) in [6.07, 6.45) is 0. The molecule has 0 spiro atoms. The van der Waals surface area contributed by atoms with E-state index in [4.69, 9.17) is 9.47 Å². The van der Waals surface area contributed by atoms with Gasteiger partial charge in [-0.1, -0.05) is 23.8 Å². The first-order valence-corrected chi connectivity index (χ1v) is 9.72. The second-order valence-electron chi connectivity index (χ2n) is 6.66. The minimum atomic E-state index is -4.03. The Kier molecular flexibility index (Phi) is 3.68. The predicted molar refractivity (Wildman–Crippen MR) is 93.1 cm³/mol. The van der Waals surface area contributed by atoms with Crippen molar-refractivity contribution in [2.24, 2.45) is 5.41 Å². The second-order valence-corrected chi connectivity index (χ2v) is 8.72. The van der Waals surface area contributed by atoms with E-state index in [1.165, 1.54) is 12.1 Å². The van der Waals surface area contributed by atoms with Crippen LogP contribution in [0.4, 0.5) is 0 Å². The summed E-state index contributed by atoms with van der Waals surface area (Å²) < 4.78 is 36.8. The van der Waals surface area contributed by atoms with E-state index in [9.17, 15) is 23.6 Å². The summed E-state index contributed by atoms with van der Waals surface area (Å²) in [5, 5.41) is 18.0. The number of sulfone groups is 1. The molecule has 2 aliphatic rings. The van der Waals surface area contributed by atoms with Crippen LogP contribution in [-0.4, -0.2) is 31.5 Å². The van der Waals surface area contributed by atoms with Crippen molar-refractivity contribution in [3.63, 3.8) is 0 Å². The fourth-order valence-corrected chi connectivity index (χ4v) is 5.88. The molecule has 1 fully saturated rings. The minimum Gasteiger partial charge on any atom is -0.480 e. The van der Waals surface area contributed by atoms with Gasteiger partial charge in [0.05, 0.1) is 11.0 Å². The summed E-state index contributed by atoms with van der Waals surface area (Å²) in [7, 11) is -4.03. The van der Waals surface area contributed by atoms with Crippen LogP contribution in [-0.2, 0) is 14.6 Å². The molecule has 0 bridgehead atoms. The number of nitriles is 1. The third-order valence-corrected chi connectivity index (χ3v) is 7.35. The monoisotopic (exact) mass is 385 g/mol. The maximum Gasteiger partial charge on any atom is 0.326 e. The lowest BCUT2D eigenvalue weighted by Crippen LogP contribution is -2.22. The average molecular weight is 385 g/mol. The van der Waals surface area contributed by atoms with Crippen molar-refractivity contribution in [3.8, 4) is 17.6 Å². The third kappa shape index (κ3) is 2.39. The van der Waals surface area contributed by atoms with Gasteiger partial charge in [-0.05, 0) is 36.8 Å². The van der Waals surface area contributed by atoms with Gasteiger partial charge in [0.25, 0.3) is 0 Å². The minimum absolute atomic E-state index is 0.00205. The van der Waals surface area contributed by atoms with E-state index in [0.29, 0.717) is 17.1 Å². The highest BCUT2D eigenvalue weighted by Gasteiger charge is 2.77. The second kappa shape index (κ2) is 5.72. The Labute approximate surface area is 155 Å². The lowest BCUT2D eigenvalue weighted by atomic mass is 10.0. The van der Waals surface area contributed by atoms with Gasteiger partial charge in [0.15, 0.2) is 26.8 Å². The van der Waals surface area contributed by atoms with Crippen LogP contribution in [0.25, 0.3) is 0 Å². The van der Waals surface area contributed by atoms with Crippen LogP contribution in [0.5, 0.6) is 11.5 Å². The van der Waals surface area contributed by atoms with Gasteiger partial charge in [-0.25, -0.2) is 8.42 Å². The number of aryl methyl sites for hydroxylation is 1. The Morgan fingerprint density at radius 1 is 1.19 bits per heavy atom. The Morgan fingerprint density at radius 3 is 2.48 bits per heavy atom. The smallest absolute Gasteiger partial charge is 0.326 e. The molecule has 1 heterocycles. The molecule has 4 rings (SSSR count). The van der Waals surface area contributed by atoms with Crippen molar-refractivity contribution in [3.05, 3.63) is 53.6 Å². The Morgan fingerprint density at radius 2 is 1.85 bits per heavy atom. The number of fused-ring (bicyclic) bond motifs is 1. The first kappa shape index (κ1) is 17.4. The highest BCUT2D eigenvalue weighted by atomic mass is 32.2. The average Bonchev–Trinajstić information content (AvgIpc) is 3.15. The van der Waals surface area contributed by atoms with Crippen LogP contribution in [0.2, 0.25) is 0 Å². The summed E-state index contributed by atoms with van der Waals surface area (Å²) in [5.41, 5.74) is -0.747. The highest BCUT2D eigenvalue weighted by molar-refractivity contribution is 7.92. The van der Waals surface area contributed by atoms with Gasteiger partial charge in [-0.15, -0.1) is 0 Å². The van der Waals surface area contributed by atoms with E-state index in [-0.39, 0.29) is 11.7 Å². The molecule has 0 aromatic heterocycles. The largest absolute Gasteiger partial charge is 0.480 e. The number of carbonyl (C=O) groups is 1. The van der Waals surface area contributed by atoms with E-state index in [1.807, 2.05) is 6.92 Å². The van der Waals surface area contributed by atoms with Gasteiger partial charge in [-0.3, -0.25) is 4.79 Å². The summed E-state index contributed by atoms with van der Waals surface area (Å²) in [5.74, 6) is -1.55. The van der Waals surface area contributed by atoms with Gasteiger partial charge in [-0.2, -0.15) is 5.26 Å². The zero-order valence-electron chi connectivity index (χ0n) is 14.2. The van der Waals surface area contributed by atoms with Gasteiger partial charge in [0.1, 0.15) is 5.25 Å². The Balaban J connectivity index is 1.82. The number of ether oxygens (including phenoxy) is 2. The number of carboxylic acids is 1. The standard InChI is InChI=1S/C19H15NO6S/c1-11-2-5-13(6-3-11)27(23,24)17-16(19(17,9-20)18(21)22)12-4-7-14-15(8-12)26-10-25-14/h2-8,16-17H,10H2,1H3,(H,21,22)/t16-,17-,19-/m1/s1. The van der Waals surface area contributed by atoms with E-state index < -0.39 is 32.4 Å². The molecule has 0 radical (unpaired) electrons. The van der Waals surface area contributed by atoms with Crippen molar-refractivity contribution in [1.82, 2.24) is 0 Å². The lowest BCUT2D eigenvalue weighted by Gasteiger charge is -2.05. The van der Waals surface area contributed by atoms with Crippen LogP contribution in [0.3, 0.4) is 0 Å². The molecule has 0 unspecified atom stereocenters. The number of nitrogens with zero attached hydrogens (tertiary/aromatic N) is 1. The molecule has 0 amide bonds. The maximum absolute atomic E-state index is 13.1. The zero-order valence-corrected chi connectivity index (χ0v) is 15.1. The molecule has 2 aromatic carbocycles. The first-order valence-electron chi connectivity index (χ1n) is 8.17. The summed E-state index contributed by atoms with van der Waals surface area (Å²) in [4.78, 5) is 11.9. The molecule has 7 nitrogen and oxygen atoms in total. The molecular weight excluding hydrogens is 370 g/mol. The van der Waals surface area contributed by atoms with Gasteiger partial charge in [0, 0.05) is 5.92 Å². The number of benzene rings is 2. The van der Waals surface area contributed by atoms with E-state index in [1.54, 1.807) is 36.4 Å². The number of aliphatic carboxylic acids is 1. The topological polar surface area (TPSA) is 114 Å². The molecule has 0 saturated heterocycles. The van der Waals surface area contributed by atoms with Crippen LogP contribution < -0.4 is 9.47 Å². The van der Waals surface area contributed by atoms with Crippen LogP contribution in [0, 0.1) is 23.7 Å². The van der Waals surface area contributed by atoms with E-state index >= 15 is 0 Å². The normalized spacial score (nSPS) is 25.6. The van der Waals surface area contributed by atoms with Gasteiger partial charge < -0.3 is 14.6 Å². The maximum atomic E-state index is 13.1. The Hall–Kier alpha value is -3.05. The van der Waals surface area contributed by atoms with Crippen molar-refractivity contribution in [2.45, 2.75) is 23.0 Å². The molecule has 27 heavy (non-hydrogen) atoms. The van der Waals surface area contributed by atoms with E-state index in [0.717, 1.165) is 5.56 Å². The molecule has 1 saturated carbocycles. The Bertz CT molecular complexity index is 1090. The van der Waals surface area contributed by atoms with Crippen LogP contribution >= 0.6 is 0 Å². The van der Waals surface area contributed by atoms with E-state index in [2.05, 4.69) is 0 Å². The van der Waals surface area contributed by atoms with Gasteiger partial charge in [0.2, 0.25) is 6.79 Å². The van der Waals surface area contributed by atoms with Crippen molar-refractivity contribution < 1.29 is 27.8 Å². The highest BCUT2D eigenvalue weighted by Crippen LogP contribution is 2.64. The van der Waals surface area contributed by atoms with Crippen LogP contribution in [0.1, 0.15) is 17.0 Å². The lowest BCUT2D eigenvalue weighted by molar-refractivity contribution is -0.141. The van der Waals surface area contributed by atoms with Crippen molar-refractivity contribution in [2.75, 3.05) is 6.79 Å². The molecule has 138 valence electrons. The molecule has 8 heteroatoms. The number of rotatable bonds is 4. The fourth-order valence-electron chi connectivity index (χ4n) is 3.63. The predicted octanol–water partition coefficient (Wildman–Crippen LogP) is 2.26. The number of hydrogen-bond donors (Lipinski definition) is 1.